The highest BCUT2D eigenvalue weighted by atomic mass is 32.1. The molecule has 2 aromatic heterocycles. The van der Waals surface area contributed by atoms with Gasteiger partial charge in [-0.1, -0.05) is 59.9 Å². The second kappa shape index (κ2) is 14.2. The Morgan fingerprint density at radius 2 is 1.68 bits per heavy atom. The molecule has 3 aromatic carbocycles. The number of esters is 2. The van der Waals surface area contributed by atoms with Crippen LogP contribution in [0.3, 0.4) is 0 Å². The summed E-state index contributed by atoms with van der Waals surface area (Å²) in [5, 5.41) is 0. The Labute approximate surface area is 294 Å². The molecule has 1 aliphatic heterocycles. The van der Waals surface area contributed by atoms with Crippen LogP contribution in [-0.4, -0.2) is 40.9 Å². The Hall–Kier alpha value is -5.48. The van der Waals surface area contributed by atoms with Crippen LogP contribution in [0.4, 0.5) is 0 Å². The van der Waals surface area contributed by atoms with E-state index in [1.165, 1.54) is 18.4 Å². The number of thiazole rings is 1. The molecule has 0 aliphatic carbocycles. The zero-order valence-electron chi connectivity index (χ0n) is 29.1. The molecule has 3 heterocycles. The molecule has 256 valence electrons. The predicted molar refractivity (Wildman–Crippen MR) is 195 cm³/mol. The lowest BCUT2D eigenvalue weighted by molar-refractivity contribution is -0.138. The van der Waals surface area contributed by atoms with Crippen LogP contribution in [0, 0.1) is 20.8 Å². The highest BCUT2D eigenvalue weighted by Crippen LogP contribution is 2.36. The quantitative estimate of drug-likeness (QED) is 0.170. The van der Waals surface area contributed by atoms with Gasteiger partial charge in [-0.3, -0.25) is 9.36 Å². The molecule has 0 saturated heterocycles. The number of benzene rings is 3. The van der Waals surface area contributed by atoms with E-state index in [2.05, 4.69) is 4.57 Å². The summed E-state index contributed by atoms with van der Waals surface area (Å²) in [6, 6.07) is 23.7. The number of fused-ring (bicyclic) bond motifs is 1. The van der Waals surface area contributed by atoms with E-state index < -0.39 is 18.0 Å². The van der Waals surface area contributed by atoms with Crippen molar-refractivity contribution in [2.45, 2.75) is 53.7 Å². The fraction of sp³-hybridized carbons (Fsp3) is 0.250. The van der Waals surface area contributed by atoms with Gasteiger partial charge in [0.15, 0.2) is 4.80 Å². The van der Waals surface area contributed by atoms with Crippen molar-refractivity contribution in [3.8, 4) is 11.4 Å². The average Bonchev–Trinajstić information content (AvgIpc) is 3.57. The third-order valence-corrected chi connectivity index (χ3v) is 9.63. The van der Waals surface area contributed by atoms with Gasteiger partial charge in [-0.15, -0.1) is 0 Å². The second-order valence-corrected chi connectivity index (χ2v) is 13.3. The molecule has 9 nitrogen and oxygen atoms in total. The lowest BCUT2D eigenvalue weighted by atomic mass is 9.93. The number of rotatable bonds is 9. The van der Waals surface area contributed by atoms with Gasteiger partial charge in [-0.2, -0.15) is 0 Å². The normalized spacial score (nSPS) is 14.4. The van der Waals surface area contributed by atoms with Crippen molar-refractivity contribution in [3.05, 3.63) is 143 Å². The van der Waals surface area contributed by atoms with E-state index >= 15 is 0 Å². The van der Waals surface area contributed by atoms with Crippen LogP contribution >= 0.6 is 11.3 Å². The first-order valence-corrected chi connectivity index (χ1v) is 17.3. The maximum Gasteiger partial charge on any atom is 0.338 e. The SMILES string of the molecule is CCOC(=O)C1=C(c2ccccc2)N=c2s/c(=C\c3cc(C)n(-c4cccc(C(=O)OC)c4C)c3C)c(=O)n2[C@@H]1c1ccc(OC(C)C)cc1. The number of hydrogen-bond acceptors (Lipinski definition) is 8. The number of carbonyl (C=O) groups is 2. The third kappa shape index (κ3) is 6.34. The van der Waals surface area contributed by atoms with Crippen molar-refractivity contribution in [1.29, 1.82) is 0 Å². The first kappa shape index (κ1) is 34.4. The summed E-state index contributed by atoms with van der Waals surface area (Å²) in [4.78, 5) is 46.2. The predicted octanol–water partition coefficient (Wildman–Crippen LogP) is 6.23. The van der Waals surface area contributed by atoms with Crippen LogP contribution in [0.5, 0.6) is 5.75 Å². The first-order valence-electron chi connectivity index (χ1n) is 16.5. The van der Waals surface area contributed by atoms with E-state index in [0.717, 1.165) is 39.3 Å². The Morgan fingerprint density at radius 3 is 2.34 bits per heavy atom. The third-order valence-electron chi connectivity index (χ3n) is 8.65. The molecule has 50 heavy (non-hydrogen) atoms. The minimum atomic E-state index is -0.799. The summed E-state index contributed by atoms with van der Waals surface area (Å²) >= 11 is 1.27. The van der Waals surface area contributed by atoms with Crippen molar-refractivity contribution in [2.75, 3.05) is 13.7 Å². The maximum absolute atomic E-state index is 14.5. The highest BCUT2D eigenvalue weighted by Gasteiger charge is 2.35. The van der Waals surface area contributed by atoms with Crippen molar-refractivity contribution in [2.24, 2.45) is 4.99 Å². The molecule has 1 aliphatic rings. The summed E-state index contributed by atoms with van der Waals surface area (Å²) in [5.41, 5.74) is 6.74. The highest BCUT2D eigenvalue weighted by molar-refractivity contribution is 7.07. The van der Waals surface area contributed by atoms with Crippen LogP contribution in [0.15, 0.2) is 94.2 Å². The van der Waals surface area contributed by atoms with Crippen molar-refractivity contribution in [3.63, 3.8) is 0 Å². The molecular weight excluding hydrogens is 651 g/mol. The van der Waals surface area contributed by atoms with Crippen molar-refractivity contribution >= 4 is 35.0 Å². The molecule has 10 heteroatoms. The van der Waals surface area contributed by atoms with E-state index in [9.17, 15) is 14.4 Å². The molecule has 0 N–H and O–H groups in total. The lowest BCUT2D eigenvalue weighted by Crippen LogP contribution is -2.40. The number of methoxy groups -OCH3 is 1. The molecular formula is C40H39N3O6S. The zero-order chi connectivity index (χ0) is 35.7. The van der Waals surface area contributed by atoms with E-state index in [4.69, 9.17) is 19.2 Å². The minimum Gasteiger partial charge on any atom is -0.491 e. The van der Waals surface area contributed by atoms with Gasteiger partial charge in [0.25, 0.3) is 5.56 Å². The maximum atomic E-state index is 14.5. The van der Waals surface area contributed by atoms with Crippen LogP contribution < -0.4 is 19.6 Å². The Morgan fingerprint density at radius 1 is 0.960 bits per heavy atom. The first-order chi connectivity index (χ1) is 24.0. The van der Waals surface area contributed by atoms with Gasteiger partial charge in [-0.05, 0) is 94.6 Å². The van der Waals surface area contributed by atoms with Gasteiger partial charge >= 0.3 is 11.9 Å². The second-order valence-electron chi connectivity index (χ2n) is 12.3. The summed E-state index contributed by atoms with van der Waals surface area (Å²) in [6.45, 7) is 11.7. The molecule has 0 radical (unpaired) electrons. The van der Waals surface area contributed by atoms with Crippen molar-refractivity contribution < 1.29 is 23.8 Å². The number of nitrogens with zero attached hydrogens (tertiary/aromatic N) is 3. The Bertz CT molecular complexity index is 2310. The average molecular weight is 690 g/mol. The monoisotopic (exact) mass is 689 g/mol. The smallest absolute Gasteiger partial charge is 0.338 e. The van der Waals surface area contributed by atoms with Gasteiger partial charge in [0.1, 0.15) is 5.75 Å². The largest absolute Gasteiger partial charge is 0.491 e. The number of aromatic nitrogens is 2. The molecule has 0 amide bonds. The van der Waals surface area contributed by atoms with Crippen LogP contribution in [-0.2, 0) is 14.3 Å². The summed E-state index contributed by atoms with van der Waals surface area (Å²) in [7, 11) is 1.37. The molecule has 0 spiro atoms. The fourth-order valence-corrected chi connectivity index (χ4v) is 7.39. The van der Waals surface area contributed by atoms with Crippen LogP contribution in [0.25, 0.3) is 17.5 Å². The van der Waals surface area contributed by atoms with Gasteiger partial charge in [0.2, 0.25) is 0 Å². The standard InChI is InChI=1S/C40H39N3O6S/c1-8-48-39(46)34-35(27-13-10-9-11-14-27)41-40-43(36(34)28-17-19-30(20-18-28)49-23(2)3)37(44)33(50-40)22-29-21-24(4)42(26(29)6)32-16-12-15-31(25(32)5)38(45)47-7/h9-23,36H,8H2,1-7H3/b33-22-/t36-/m1/s1. The molecule has 5 aromatic rings. The summed E-state index contributed by atoms with van der Waals surface area (Å²) in [6.07, 6.45) is 1.86. The van der Waals surface area contributed by atoms with Crippen LogP contribution in [0.1, 0.15) is 70.8 Å². The van der Waals surface area contributed by atoms with Gasteiger partial charge in [-0.25, -0.2) is 14.6 Å². The number of ether oxygens (including phenoxy) is 3. The minimum absolute atomic E-state index is 0.0131. The zero-order valence-corrected chi connectivity index (χ0v) is 30.0. The number of hydrogen-bond donors (Lipinski definition) is 0. The number of carbonyl (C=O) groups excluding carboxylic acids is 2. The topological polar surface area (TPSA) is 101 Å². The van der Waals surface area contributed by atoms with Crippen LogP contribution in [0.2, 0.25) is 0 Å². The Kier molecular flexibility index (Phi) is 9.74. The van der Waals surface area contributed by atoms with E-state index in [0.29, 0.717) is 26.3 Å². The van der Waals surface area contributed by atoms with E-state index in [-0.39, 0.29) is 23.8 Å². The summed E-state index contributed by atoms with van der Waals surface area (Å²) < 4.78 is 20.6. The molecule has 0 bridgehead atoms. The molecule has 0 unspecified atom stereocenters. The van der Waals surface area contributed by atoms with Gasteiger partial charge in [0.05, 0.1) is 47.2 Å². The van der Waals surface area contributed by atoms with E-state index in [1.54, 1.807) is 17.6 Å². The number of aryl methyl sites for hydroxylation is 1. The fourth-order valence-electron chi connectivity index (χ4n) is 6.40. The van der Waals surface area contributed by atoms with E-state index in [1.807, 2.05) is 113 Å². The van der Waals surface area contributed by atoms with Gasteiger partial charge < -0.3 is 18.8 Å². The molecule has 0 fully saturated rings. The van der Waals surface area contributed by atoms with Crippen molar-refractivity contribution in [1.82, 2.24) is 9.13 Å². The molecule has 1 atom stereocenters. The Balaban J connectivity index is 1.57. The van der Waals surface area contributed by atoms with Gasteiger partial charge in [0, 0.05) is 22.6 Å². The molecule has 0 saturated carbocycles. The summed E-state index contributed by atoms with van der Waals surface area (Å²) in [5.74, 6) is -0.254. The lowest BCUT2D eigenvalue weighted by Gasteiger charge is -2.26. The molecule has 6 rings (SSSR count).